The molecular weight excluding hydrogens is 408 g/mol. The van der Waals surface area contributed by atoms with Gasteiger partial charge in [0, 0.05) is 18.5 Å². The second-order valence-electron chi connectivity index (χ2n) is 8.61. The van der Waals surface area contributed by atoms with E-state index in [9.17, 15) is 14.4 Å². The molecule has 1 aliphatic carbocycles. The number of hydrogen-bond donors (Lipinski definition) is 2. The quantitative estimate of drug-likeness (QED) is 0.671. The van der Waals surface area contributed by atoms with Gasteiger partial charge in [-0.3, -0.25) is 4.79 Å². The number of carbonyl (C=O) groups is 3. The van der Waals surface area contributed by atoms with Gasteiger partial charge in [-0.25, -0.2) is 9.59 Å². The Bertz CT molecular complexity index is 1070. The zero-order valence-corrected chi connectivity index (χ0v) is 18.9. The molecule has 2 atom stereocenters. The number of methoxy groups -OCH3 is 1. The average molecular weight is 437 g/mol. The lowest BCUT2D eigenvalue weighted by atomic mass is 9.79. The maximum absolute atomic E-state index is 12.7. The van der Waals surface area contributed by atoms with Gasteiger partial charge in [0.15, 0.2) is 0 Å². The van der Waals surface area contributed by atoms with Gasteiger partial charge in [0.25, 0.3) is 0 Å². The molecule has 2 amide bonds. The maximum atomic E-state index is 12.7. The van der Waals surface area contributed by atoms with E-state index in [0.717, 1.165) is 11.1 Å². The number of hydrogen-bond acceptors (Lipinski definition) is 5. The topological polar surface area (TPSA) is 93.7 Å². The van der Waals surface area contributed by atoms with Gasteiger partial charge in [-0.1, -0.05) is 36.4 Å². The standard InChI is InChI=1S/C25H28N2O5/c1-15(28)26-21-13-11-17(23(29)31-5)14-20(21)19-12-10-16-8-6-7-9-18(16)22(19)27-24(30)32-25(2,3)4/h6-14,19,22H,1-5H3,(H,26,28)(H,27,30)/t19-,22-/m1/s1. The molecule has 0 saturated carbocycles. The fraction of sp³-hybridized carbons (Fsp3) is 0.320. The van der Waals surface area contributed by atoms with Crippen LogP contribution in [0.3, 0.4) is 0 Å². The van der Waals surface area contributed by atoms with Gasteiger partial charge in [0.05, 0.1) is 18.7 Å². The number of nitrogens with one attached hydrogen (secondary N) is 2. The fourth-order valence-corrected chi connectivity index (χ4v) is 3.73. The highest BCUT2D eigenvalue weighted by Crippen LogP contribution is 2.41. The summed E-state index contributed by atoms with van der Waals surface area (Å²) in [5, 5.41) is 5.80. The first-order chi connectivity index (χ1) is 15.1. The Labute approximate surface area is 187 Å². The van der Waals surface area contributed by atoms with Gasteiger partial charge >= 0.3 is 12.1 Å². The zero-order valence-electron chi connectivity index (χ0n) is 18.9. The van der Waals surface area contributed by atoms with Crippen molar-refractivity contribution in [2.24, 2.45) is 0 Å². The molecular formula is C25H28N2O5. The maximum Gasteiger partial charge on any atom is 0.408 e. The van der Waals surface area contributed by atoms with Crippen molar-refractivity contribution < 1.29 is 23.9 Å². The average Bonchev–Trinajstić information content (AvgIpc) is 2.72. The fourth-order valence-electron chi connectivity index (χ4n) is 3.73. The smallest absolute Gasteiger partial charge is 0.408 e. The predicted molar refractivity (Wildman–Crippen MR) is 122 cm³/mol. The Hall–Kier alpha value is -3.61. The minimum Gasteiger partial charge on any atom is -0.465 e. The lowest BCUT2D eigenvalue weighted by Gasteiger charge is -2.33. The van der Waals surface area contributed by atoms with E-state index in [4.69, 9.17) is 9.47 Å². The number of amides is 2. The van der Waals surface area contributed by atoms with Crippen molar-refractivity contribution >= 4 is 29.7 Å². The molecule has 2 aromatic carbocycles. The Balaban J connectivity index is 2.10. The Morgan fingerprint density at radius 3 is 2.38 bits per heavy atom. The van der Waals surface area contributed by atoms with Crippen molar-refractivity contribution in [3.8, 4) is 0 Å². The molecule has 0 aromatic heterocycles. The highest BCUT2D eigenvalue weighted by molar-refractivity contribution is 5.93. The van der Waals surface area contributed by atoms with Crippen LogP contribution in [0.25, 0.3) is 6.08 Å². The molecule has 0 fully saturated rings. The molecule has 0 spiro atoms. The van der Waals surface area contributed by atoms with E-state index in [1.807, 2.05) is 36.4 Å². The lowest BCUT2D eigenvalue weighted by Crippen LogP contribution is -2.38. The summed E-state index contributed by atoms with van der Waals surface area (Å²) in [5.74, 6) is -1.10. The number of esters is 1. The van der Waals surface area contributed by atoms with Crippen LogP contribution in [0.2, 0.25) is 0 Å². The molecule has 7 nitrogen and oxygen atoms in total. The van der Waals surface area contributed by atoms with Crippen LogP contribution in [0.5, 0.6) is 0 Å². The largest absolute Gasteiger partial charge is 0.465 e. The highest BCUT2D eigenvalue weighted by atomic mass is 16.6. The molecule has 0 radical (unpaired) electrons. The van der Waals surface area contributed by atoms with Crippen LogP contribution in [-0.2, 0) is 14.3 Å². The third kappa shape index (κ3) is 5.35. The van der Waals surface area contributed by atoms with Gasteiger partial charge in [0.2, 0.25) is 5.91 Å². The van der Waals surface area contributed by atoms with Gasteiger partial charge in [0.1, 0.15) is 5.60 Å². The third-order valence-corrected chi connectivity index (χ3v) is 4.99. The second kappa shape index (κ2) is 9.26. The monoisotopic (exact) mass is 436 g/mol. The van der Waals surface area contributed by atoms with E-state index in [1.54, 1.807) is 39.0 Å². The van der Waals surface area contributed by atoms with Gasteiger partial charge < -0.3 is 20.1 Å². The summed E-state index contributed by atoms with van der Waals surface area (Å²) in [5.41, 5.74) is 2.79. The number of carbonyl (C=O) groups excluding carboxylic acids is 3. The van der Waals surface area contributed by atoms with E-state index in [1.165, 1.54) is 14.0 Å². The molecule has 7 heteroatoms. The first kappa shape index (κ1) is 23.1. The first-order valence-electron chi connectivity index (χ1n) is 10.4. The minimum absolute atomic E-state index is 0.242. The Morgan fingerprint density at radius 1 is 1.00 bits per heavy atom. The van der Waals surface area contributed by atoms with Gasteiger partial charge in [-0.15, -0.1) is 0 Å². The van der Waals surface area contributed by atoms with Crippen molar-refractivity contribution in [3.63, 3.8) is 0 Å². The summed E-state index contributed by atoms with van der Waals surface area (Å²) < 4.78 is 10.4. The lowest BCUT2D eigenvalue weighted by molar-refractivity contribution is -0.114. The van der Waals surface area contributed by atoms with Crippen molar-refractivity contribution in [1.29, 1.82) is 0 Å². The zero-order chi connectivity index (χ0) is 23.5. The number of alkyl carbamates (subject to hydrolysis) is 1. The molecule has 32 heavy (non-hydrogen) atoms. The molecule has 0 unspecified atom stereocenters. The molecule has 0 bridgehead atoms. The van der Waals surface area contributed by atoms with E-state index in [2.05, 4.69) is 10.6 Å². The van der Waals surface area contributed by atoms with E-state index >= 15 is 0 Å². The molecule has 0 aliphatic heterocycles. The third-order valence-electron chi connectivity index (χ3n) is 4.99. The molecule has 2 aromatic rings. The second-order valence-corrected chi connectivity index (χ2v) is 8.61. The van der Waals surface area contributed by atoms with E-state index in [-0.39, 0.29) is 11.8 Å². The number of benzene rings is 2. The Morgan fingerprint density at radius 2 is 1.72 bits per heavy atom. The van der Waals surface area contributed by atoms with E-state index < -0.39 is 23.7 Å². The van der Waals surface area contributed by atoms with Crippen LogP contribution >= 0.6 is 0 Å². The van der Waals surface area contributed by atoms with Crippen molar-refractivity contribution in [1.82, 2.24) is 5.32 Å². The van der Waals surface area contributed by atoms with Gasteiger partial charge in [-0.05, 0) is 55.7 Å². The molecule has 2 N–H and O–H groups in total. The minimum atomic E-state index is -0.657. The highest BCUT2D eigenvalue weighted by Gasteiger charge is 2.32. The molecule has 0 saturated heterocycles. The number of fused-ring (bicyclic) bond motifs is 1. The van der Waals surface area contributed by atoms with Crippen LogP contribution in [0.15, 0.2) is 48.5 Å². The van der Waals surface area contributed by atoms with Crippen LogP contribution in [0.4, 0.5) is 10.5 Å². The van der Waals surface area contributed by atoms with Gasteiger partial charge in [-0.2, -0.15) is 0 Å². The SMILES string of the molecule is COC(=O)c1ccc(NC(C)=O)c([C@H]2C=Cc3ccccc3[C@H]2NC(=O)OC(C)(C)C)c1. The normalized spacial score (nSPS) is 17.2. The molecule has 0 heterocycles. The van der Waals surface area contributed by atoms with Crippen LogP contribution < -0.4 is 10.6 Å². The molecule has 1 aliphatic rings. The van der Waals surface area contributed by atoms with E-state index in [0.29, 0.717) is 16.8 Å². The Kier molecular flexibility index (Phi) is 6.67. The number of rotatable bonds is 4. The molecule has 3 rings (SSSR count). The summed E-state index contributed by atoms with van der Waals surface area (Å²) in [4.78, 5) is 36.7. The number of ether oxygens (including phenoxy) is 2. The first-order valence-corrected chi connectivity index (χ1v) is 10.4. The summed E-state index contributed by atoms with van der Waals surface area (Å²) >= 11 is 0. The predicted octanol–water partition coefficient (Wildman–Crippen LogP) is 4.81. The van der Waals surface area contributed by atoms with Crippen molar-refractivity contribution in [3.05, 3.63) is 70.8 Å². The molecule has 168 valence electrons. The summed E-state index contributed by atoms with van der Waals surface area (Å²) in [6.07, 6.45) is 3.37. The summed E-state index contributed by atoms with van der Waals surface area (Å²) in [6.45, 7) is 6.81. The number of anilines is 1. The van der Waals surface area contributed by atoms with Crippen LogP contribution in [-0.4, -0.2) is 30.7 Å². The van der Waals surface area contributed by atoms with Crippen molar-refractivity contribution in [2.75, 3.05) is 12.4 Å². The van der Waals surface area contributed by atoms with Crippen LogP contribution in [0, 0.1) is 0 Å². The van der Waals surface area contributed by atoms with Crippen LogP contribution in [0.1, 0.15) is 66.7 Å². The summed E-state index contributed by atoms with van der Waals surface area (Å²) in [7, 11) is 1.31. The van der Waals surface area contributed by atoms with Crippen molar-refractivity contribution in [2.45, 2.75) is 45.3 Å². The summed E-state index contributed by atoms with van der Waals surface area (Å²) in [6, 6.07) is 12.2.